The highest BCUT2D eigenvalue weighted by atomic mass is 127. The van der Waals surface area contributed by atoms with Crippen LogP contribution in [0.1, 0.15) is 42.6 Å². The molecule has 0 unspecified atom stereocenters. The average molecular weight is 432 g/mol. The van der Waals surface area contributed by atoms with Gasteiger partial charge in [-0.3, -0.25) is 9.79 Å². The number of carbonyl (C=O) groups excluding carboxylic acids is 1. The molecule has 0 heterocycles. The number of nitrogens with one attached hydrogen (secondary N) is 2. The predicted octanol–water partition coefficient (Wildman–Crippen LogP) is 2.86. The fourth-order valence-corrected chi connectivity index (χ4v) is 2.10. The van der Waals surface area contributed by atoms with E-state index in [1.807, 2.05) is 38.2 Å². The lowest BCUT2D eigenvalue weighted by molar-refractivity contribution is 0.0956. The number of unbranched alkanes of at least 4 members (excludes halogenated alkanes) is 1. The zero-order chi connectivity index (χ0) is 16.4. The van der Waals surface area contributed by atoms with Crippen molar-refractivity contribution in [1.82, 2.24) is 15.5 Å². The van der Waals surface area contributed by atoms with Crippen LogP contribution < -0.4 is 10.6 Å². The van der Waals surface area contributed by atoms with Crippen LogP contribution in [0.2, 0.25) is 0 Å². The lowest BCUT2D eigenvalue weighted by atomic mass is 10.1. The van der Waals surface area contributed by atoms with E-state index in [1.54, 1.807) is 7.05 Å². The van der Waals surface area contributed by atoms with Crippen LogP contribution in [-0.4, -0.2) is 44.0 Å². The number of rotatable bonds is 7. The van der Waals surface area contributed by atoms with E-state index in [2.05, 4.69) is 27.4 Å². The zero-order valence-electron chi connectivity index (χ0n) is 14.6. The third kappa shape index (κ3) is 7.67. The Morgan fingerprint density at radius 1 is 1.17 bits per heavy atom. The van der Waals surface area contributed by atoms with Gasteiger partial charge in [-0.05, 0) is 31.0 Å². The molecular formula is C17H29IN4O. The predicted molar refractivity (Wildman–Crippen MR) is 108 cm³/mol. The van der Waals surface area contributed by atoms with Crippen molar-refractivity contribution in [1.29, 1.82) is 0 Å². The molecule has 6 heteroatoms. The third-order valence-corrected chi connectivity index (χ3v) is 3.42. The van der Waals surface area contributed by atoms with Crippen LogP contribution in [0.4, 0.5) is 0 Å². The first kappa shape index (κ1) is 21.7. The van der Waals surface area contributed by atoms with Gasteiger partial charge in [0.2, 0.25) is 0 Å². The number of hydrogen-bond acceptors (Lipinski definition) is 2. The maximum absolute atomic E-state index is 11.7. The van der Waals surface area contributed by atoms with Gasteiger partial charge < -0.3 is 15.5 Å². The van der Waals surface area contributed by atoms with Crippen molar-refractivity contribution < 1.29 is 4.79 Å². The fourth-order valence-electron chi connectivity index (χ4n) is 2.10. The monoisotopic (exact) mass is 432 g/mol. The van der Waals surface area contributed by atoms with Crippen molar-refractivity contribution in [3.63, 3.8) is 0 Å². The van der Waals surface area contributed by atoms with Crippen LogP contribution in [0.3, 0.4) is 0 Å². The summed E-state index contributed by atoms with van der Waals surface area (Å²) in [6.45, 7) is 6.42. The summed E-state index contributed by atoms with van der Waals surface area (Å²) in [6.07, 6.45) is 2.32. The molecule has 0 fully saturated rings. The lowest BCUT2D eigenvalue weighted by Crippen LogP contribution is -2.38. The summed E-state index contributed by atoms with van der Waals surface area (Å²) >= 11 is 0. The molecule has 0 saturated heterocycles. The molecular weight excluding hydrogens is 403 g/mol. The summed E-state index contributed by atoms with van der Waals surface area (Å²) in [5, 5.41) is 6.14. The van der Waals surface area contributed by atoms with E-state index in [-0.39, 0.29) is 29.9 Å². The highest BCUT2D eigenvalue weighted by molar-refractivity contribution is 14.0. The van der Waals surface area contributed by atoms with Crippen LogP contribution in [0.15, 0.2) is 29.3 Å². The largest absolute Gasteiger partial charge is 0.352 e. The number of hydrogen-bond donors (Lipinski definition) is 2. The molecule has 130 valence electrons. The molecule has 0 aliphatic rings. The SMILES string of the molecule is CCCCN(C)C(=NC)NCc1ccc(C(=O)NCC)cc1.I. The molecule has 0 aliphatic heterocycles. The molecule has 0 spiro atoms. The Hall–Kier alpha value is -1.31. The first-order valence-corrected chi connectivity index (χ1v) is 7.91. The van der Waals surface area contributed by atoms with Gasteiger partial charge >= 0.3 is 0 Å². The maximum atomic E-state index is 11.7. The number of halogens is 1. The molecule has 1 aromatic carbocycles. The smallest absolute Gasteiger partial charge is 0.251 e. The first-order chi connectivity index (χ1) is 10.6. The molecule has 5 nitrogen and oxygen atoms in total. The molecule has 0 atom stereocenters. The normalized spacial score (nSPS) is 10.7. The minimum Gasteiger partial charge on any atom is -0.352 e. The Labute approximate surface area is 157 Å². The van der Waals surface area contributed by atoms with E-state index in [0.29, 0.717) is 18.7 Å². The average Bonchev–Trinajstić information content (AvgIpc) is 2.54. The number of nitrogens with zero attached hydrogens (tertiary/aromatic N) is 2. The van der Waals surface area contributed by atoms with E-state index in [4.69, 9.17) is 0 Å². The standard InChI is InChI=1S/C17H28N4O.HI/c1-5-7-12-21(4)17(18-3)20-13-14-8-10-15(11-9-14)16(22)19-6-2;/h8-11H,5-7,12-13H2,1-4H3,(H,18,20)(H,19,22);1H. The minimum atomic E-state index is -0.0304. The zero-order valence-corrected chi connectivity index (χ0v) is 16.9. The first-order valence-electron chi connectivity index (χ1n) is 7.91. The maximum Gasteiger partial charge on any atom is 0.251 e. The van der Waals surface area contributed by atoms with Gasteiger partial charge in [-0.25, -0.2) is 0 Å². The summed E-state index contributed by atoms with van der Waals surface area (Å²) in [4.78, 5) is 18.1. The van der Waals surface area contributed by atoms with Crippen molar-refractivity contribution >= 4 is 35.8 Å². The van der Waals surface area contributed by atoms with Crippen LogP contribution in [-0.2, 0) is 6.54 Å². The Morgan fingerprint density at radius 2 is 1.83 bits per heavy atom. The van der Waals surface area contributed by atoms with E-state index < -0.39 is 0 Å². The highest BCUT2D eigenvalue weighted by Gasteiger charge is 2.06. The van der Waals surface area contributed by atoms with Crippen LogP contribution >= 0.6 is 24.0 Å². The number of aliphatic imine (C=N–C) groups is 1. The van der Waals surface area contributed by atoms with Gasteiger partial charge in [0.25, 0.3) is 5.91 Å². The number of guanidine groups is 1. The van der Waals surface area contributed by atoms with Crippen molar-refractivity contribution in [3.8, 4) is 0 Å². The molecule has 23 heavy (non-hydrogen) atoms. The van der Waals surface area contributed by atoms with Gasteiger partial charge in [0.05, 0.1) is 0 Å². The second kappa shape index (κ2) is 12.2. The molecule has 0 bridgehead atoms. The van der Waals surface area contributed by atoms with E-state index in [9.17, 15) is 4.79 Å². The van der Waals surface area contributed by atoms with Crippen LogP contribution in [0.25, 0.3) is 0 Å². The van der Waals surface area contributed by atoms with E-state index in [1.165, 1.54) is 6.42 Å². The summed E-state index contributed by atoms with van der Waals surface area (Å²) in [6, 6.07) is 7.64. The van der Waals surface area contributed by atoms with E-state index >= 15 is 0 Å². The third-order valence-electron chi connectivity index (χ3n) is 3.42. The molecule has 1 amide bonds. The molecule has 0 saturated carbocycles. The van der Waals surface area contributed by atoms with Crippen LogP contribution in [0.5, 0.6) is 0 Å². The summed E-state index contributed by atoms with van der Waals surface area (Å²) < 4.78 is 0. The molecule has 2 N–H and O–H groups in total. The second-order valence-electron chi connectivity index (χ2n) is 5.23. The molecule has 1 aromatic rings. The van der Waals surface area contributed by atoms with Gasteiger partial charge in [0.1, 0.15) is 0 Å². The van der Waals surface area contributed by atoms with Crippen LogP contribution in [0, 0.1) is 0 Å². The summed E-state index contributed by atoms with van der Waals surface area (Å²) in [5.74, 6) is 0.860. The van der Waals surface area contributed by atoms with Crippen molar-refractivity contribution in [2.24, 2.45) is 4.99 Å². The van der Waals surface area contributed by atoms with Crippen molar-refractivity contribution in [3.05, 3.63) is 35.4 Å². The van der Waals surface area contributed by atoms with Crippen molar-refractivity contribution in [2.45, 2.75) is 33.2 Å². The Kier molecular flexibility index (Phi) is 11.5. The number of carbonyl (C=O) groups is 1. The second-order valence-corrected chi connectivity index (χ2v) is 5.23. The van der Waals surface area contributed by atoms with Gasteiger partial charge in [0, 0.05) is 39.3 Å². The van der Waals surface area contributed by atoms with Gasteiger partial charge in [-0.15, -0.1) is 24.0 Å². The topological polar surface area (TPSA) is 56.7 Å². The Morgan fingerprint density at radius 3 is 2.35 bits per heavy atom. The number of amides is 1. The fraction of sp³-hybridized carbons (Fsp3) is 0.529. The molecule has 0 aliphatic carbocycles. The summed E-state index contributed by atoms with van der Waals surface area (Å²) in [5.41, 5.74) is 1.81. The van der Waals surface area contributed by atoms with Gasteiger partial charge in [0.15, 0.2) is 5.96 Å². The lowest BCUT2D eigenvalue weighted by Gasteiger charge is -2.21. The molecule has 0 aromatic heterocycles. The van der Waals surface area contributed by atoms with Gasteiger partial charge in [-0.1, -0.05) is 25.5 Å². The quantitative estimate of drug-likeness (QED) is 0.396. The van der Waals surface area contributed by atoms with Gasteiger partial charge in [-0.2, -0.15) is 0 Å². The number of benzene rings is 1. The molecule has 0 radical (unpaired) electrons. The minimum absolute atomic E-state index is 0. The Balaban J connectivity index is 0.00000484. The van der Waals surface area contributed by atoms with E-state index in [0.717, 1.165) is 24.5 Å². The highest BCUT2D eigenvalue weighted by Crippen LogP contribution is 2.05. The Bertz CT molecular complexity index is 488. The summed E-state index contributed by atoms with van der Waals surface area (Å²) in [7, 11) is 3.84. The molecule has 1 rings (SSSR count). The van der Waals surface area contributed by atoms with Crippen molar-refractivity contribution in [2.75, 3.05) is 27.2 Å².